The van der Waals surface area contributed by atoms with Gasteiger partial charge >= 0.3 is 0 Å². The highest BCUT2D eigenvalue weighted by Gasteiger charge is 2.23. The van der Waals surface area contributed by atoms with Gasteiger partial charge in [-0.1, -0.05) is 6.92 Å². The first-order valence-electron chi connectivity index (χ1n) is 6.16. The van der Waals surface area contributed by atoms with Crippen molar-refractivity contribution < 1.29 is 0 Å². The Labute approximate surface area is 93.7 Å². The molecule has 1 fully saturated rings. The molecule has 0 saturated carbocycles. The van der Waals surface area contributed by atoms with Crippen molar-refractivity contribution in [1.82, 2.24) is 4.90 Å². The maximum atomic E-state index is 5.79. The van der Waals surface area contributed by atoms with E-state index >= 15 is 0 Å². The number of amidine groups is 1. The fourth-order valence-electron chi connectivity index (χ4n) is 2.06. The van der Waals surface area contributed by atoms with Gasteiger partial charge in [0.15, 0.2) is 0 Å². The molecule has 2 N–H and O–H groups in total. The molecule has 88 valence electrons. The summed E-state index contributed by atoms with van der Waals surface area (Å²) in [5.41, 5.74) is 5.79. The van der Waals surface area contributed by atoms with Crippen LogP contribution in [0.5, 0.6) is 0 Å². The van der Waals surface area contributed by atoms with E-state index in [9.17, 15) is 0 Å². The number of rotatable bonds is 5. The molecule has 3 nitrogen and oxygen atoms in total. The number of likely N-dealkylation sites (tertiary alicyclic amines) is 1. The fraction of sp³-hybridized carbons (Fsp3) is 0.917. The molecule has 0 aromatic rings. The molecule has 1 atom stereocenters. The Bertz CT molecular complexity index is 211. The smallest absolute Gasteiger partial charge is 0.0937 e. The summed E-state index contributed by atoms with van der Waals surface area (Å²) in [6, 6.07) is 0.673. The van der Waals surface area contributed by atoms with E-state index in [1.54, 1.807) is 0 Å². The molecule has 1 heterocycles. The summed E-state index contributed by atoms with van der Waals surface area (Å²) in [4.78, 5) is 6.98. The molecule has 15 heavy (non-hydrogen) atoms. The Hall–Kier alpha value is -0.570. The third kappa shape index (κ3) is 4.20. The van der Waals surface area contributed by atoms with Crippen LogP contribution < -0.4 is 5.73 Å². The normalized spacial score (nSPS) is 24.0. The van der Waals surface area contributed by atoms with Crippen molar-refractivity contribution >= 4 is 5.84 Å². The molecular weight excluding hydrogens is 186 g/mol. The van der Waals surface area contributed by atoms with Crippen LogP contribution in [0.4, 0.5) is 0 Å². The first-order valence-corrected chi connectivity index (χ1v) is 6.16. The second kappa shape index (κ2) is 6.11. The summed E-state index contributed by atoms with van der Waals surface area (Å²) < 4.78 is 0. The van der Waals surface area contributed by atoms with Crippen LogP contribution in [0.1, 0.15) is 40.0 Å². The lowest BCUT2D eigenvalue weighted by molar-refractivity contribution is 0.266. The van der Waals surface area contributed by atoms with Crippen molar-refractivity contribution in [2.24, 2.45) is 16.6 Å². The summed E-state index contributed by atoms with van der Waals surface area (Å²) >= 11 is 0. The molecule has 0 aromatic carbocycles. The zero-order valence-corrected chi connectivity index (χ0v) is 10.4. The molecular formula is C12H25N3. The Morgan fingerprint density at radius 3 is 2.80 bits per heavy atom. The summed E-state index contributed by atoms with van der Waals surface area (Å²) in [6.45, 7) is 10.0. The van der Waals surface area contributed by atoms with Gasteiger partial charge in [-0.15, -0.1) is 0 Å². The number of nitrogens with zero attached hydrogens (tertiary/aromatic N) is 2. The first kappa shape index (κ1) is 12.5. The second-order valence-electron chi connectivity index (χ2n) is 4.83. The van der Waals surface area contributed by atoms with Crippen molar-refractivity contribution in [2.75, 3.05) is 19.6 Å². The van der Waals surface area contributed by atoms with Crippen molar-refractivity contribution in [3.8, 4) is 0 Å². The summed E-state index contributed by atoms with van der Waals surface area (Å²) in [7, 11) is 0. The van der Waals surface area contributed by atoms with E-state index in [0.717, 1.165) is 31.1 Å². The lowest BCUT2D eigenvalue weighted by atomic mass is 10.1. The van der Waals surface area contributed by atoms with Gasteiger partial charge in [-0.25, -0.2) is 0 Å². The lowest BCUT2D eigenvalue weighted by Gasteiger charge is -2.19. The molecule has 3 heteroatoms. The number of nitrogens with two attached hydrogens (primary N) is 1. The zero-order chi connectivity index (χ0) is 11.3. The SMILES string of the molecule is CCCC(N)=NCC1CCN(C(C)C)C1. The van der Waals surface area contributed by atoms with Gasteiger partial charge in [-0.3, -0.25) is 4.99 Å². The zero-order valence-electron chi connectivity index (χ0n) is 10.4. The van der Waals surface area contributed by atoms with E-state index in [4.69, 9.17) is 5.73 Å². The van der Waals surface area contributed by atoms with Crippen LogP contribution in [-0.4, -0.2) is 36.4 Å². The highest BCUT2D eigenvalue weighted by Crippen LogP contribution is 2.18. The van der Waals surface area contributed by atoms with E-state index in [2.05, 4.69) is 30.7 Å². The Kier molecular flexibility index (Phi) is 5.09. The van der Waals surface area contributed by atoms with E-state index in [0.29, 0.717) is 6.04 Å². The maximum Gasteiger partial charge on any atom is 0.0937 e. The summed E-state index contributed by atoms with van der Waals surface area (Å²) in [5.74, 6) is 1.56. The fourth-order valence-corrected chi connectivity index (χ4v) is 2.06. The van der Waals surface area contributed by atoms with Crippen LogP contribution in [-0.2, 0) is 0 Å². The van der Waals surface area contributed by atoms with Crippen molar-refractivity contribution in [3.63, 3.8) is 0 Å². The highest BCUT2D eigenvalue weighted by atomic mass is 15.2. The molecule has 0 aromatic heterocycles. The highest BCUT2D eigenvalue weighted by molar-refractivity contribution is 5.80. The average molecular weight is 211 g/mol. The van der Waals surface area contributed by atoms with Crippen LogP contribution in [0.3, 0.4) is 0 Å². The van der Waals surface area contributed by atoms with Gasteiger partial charge in [-0.2, -0.15) is 0 Å². The third-order valence-electron chi connectivity index (χ3n) is 3.11. The first-order chi connectivity index (χ1) is 7.13. The molecule has 0 aliphatic carbocycles. The monoisotopic (exact) mass is 211 g/mol. The van der Waals surface area contributed by atoms with E-state index in [1.807, 2.05) is 0 Å². The van der Waals surface area contributed by atoms with Gasteiger partial charge in [0.1, 0.15) is 0 Å². The van der Waals surface area contributed by atoms with Gasteiger partial charge in [0.2, 0.25) is 0 Å². The molecule has 1 saturated heterocycles. The van der Waals surface area contributed by atoms with Crippen molar-refractivity contribution in [2.45, 2.75) is 46.1 Å². The molecule has 1 aliphatic heterocycles. The minimum atomic E-state index is 0.673. The summed E-state index contributed by atoms with van der Waals surface area (Å²) in [5, 5.41) is 0. The van der Waals surface area contributed by atoms with Crippen LogP contribution in [0, 0.1) is 5.92 Å². The number of hydrogen-bond donors (Lipinski definition) is 1. The van der Waals surface area contributed by atoms with E-state index < -0.39 is 0 Å². The Morgan fingerprint density at radius 1 is 1.53 bits per heavy atom. The molecule has 1 rings (SSSR count). The minimum absolute atomic E-state index is 0.673. The van der Waals surface area contributed by atoms with Crippen LogP contribution in [0.25, 0.3) is 0 Å². The molecule has 1 aliphatic rings. The molecule has 0 amide bonds. The third-order valence-corrected chi connectivity index (χ3v) is 3.11. The van der Waals surface area contributed by atoms with Crippen LogP contribution in [0.2, 0.25) is 0 Å². The lowest BCUT2D eigenvalue weighted by Crippen LogP contribution is -2.28. The maximum absolute atomic E-state index is 5.79. The number of hydrogen-bond acceptors (Lipinski definition) is 2. The molecule has 0 spiro atoms. The summed E-state index contributed by atoms with van der Waals surface area (Å²) in [6.07, 6.45) is 3.32. The standard InChI is InChI=1S/C12H25N3/c1-4-5-12(13)14-8-11-6-7-15(9-11)10(2)3/h10-11H,4-9H2,1-3H3,(H2,13,14). The van der Waals surface area contributed by atoms with Gasteiger partial charge in [0.25, 0.3) is 0 Å². The van der Waals surface area contributed by atoms with Gasteiger partial charge in [0, 0.05) is 25.6 Å². The predicted octanol–water partition coefficient (Wildman–Crippen LogP) is 1.87. The minimum Gasteiger partial charge on any atom is -0.387 e. The van der Waals surface area contributed by atoms with Crippen LogP contribution >= 0.6 is 0 Å². The quantitative estimate of drug-likeness (QED) is 0.557. The second-order valence-corrected chi connectivity index (χ2v) is 4.83. The molecule has 0 bridgehead atoms. The topological polar surface area (TPSA) is 41.6 Å². The van der Waals surface area contributed by atoms with Crippen LogP contribution in [0.15, 0.2) is 4.99 Å². The van der Waals surface area contributed by atoms with Crippen molar-refractivity contribution in [3.05, 3.63) is 0 Å². The average Bonchev–Trinajstić information content (AvgIpc) is 2.63. The number of aliphatic imine (C=N–C) groups is 1. The van der Waals surface area contributed by atoms with E-state index in [1.165, 1.54) is 19.5 Å². The molecule has 0 radical (unpaired) electrons. The Morgan fingerprint density at radius 2 is 2.27 bits per heavy atom. The van der Waals surface area contributed by atoms with Gasteiger partial charge < -0.3 is 10.6 Å². The van der Waals surface area contributed by atoms with E-state index in [-0.39, 0.29) is 0 Å². The molecule has 1 unspecified atom stereocenters. The van der Waals surface area contributed by atoms with Gasteiger partial charge in [-0.05, 0) is 39.2 Å². The Balaban J connectivity index is 2.27. The largest absolute Gasteiger partial charge is 0.387 e. The predicted molar refractivity (Wildman–Crippen MR) is 66.2 cm³/mol. The van der Waals surface area contributed by atoms with Crippen molar-refractivity contribution in [1.29, 1.82) is 0 Å². The van der Waals surface area contributed by atoms with Gasteiger partial charge in [0.05, 0.1) is 5.84 Å².